The predicted octanol–water partition coefficient (Wildman–Crippen LogP) is 5.27. The van der Waals surface area contributed by atoms with Crippen LogP contribution in [0.4, 0.5) is 5.82 Å². The lowest BCUT2D eigenvalue weighted by molar-refractivity contribution is 0.0565. The van der Waals surface area contributed by atoms with Crippen LogP contribution < -0.4 is 5.32 Å². The highest BCUT2D eigenvalue weighted by Crippen LogP contribution is 2.28. The van der Waals surface area contributed by atoms with Crippen molar-refractivity contribution in [3.8, 4) is 6.07 Å². The van der Waals surface area contributed by atoms with E-state index < -0.39 is 0 Å². The highest BCUT2D eigenvalue weighted by Gasteiger charge is 2.30. The molecule has 206 valence electrons. The van der Waals surface area contributed by atoms with Gasteiger partial charge in [-0.15, -0.1) is 37.2 Å². The number of piperazine rings is 1. The number of rotatable bonds is 7. The Balaban J connectivity index is 0.00000178. The van der Waals surface area contributed by atoms with Crippen molar-refractivity contribution in [2.75, 3.05) is 38.0 Å². The Bertz CT molecular complexity index is 1380. The number of imidazole rings is 1. The van der Waals surface area contributed by atoms with E-state index in [1.54, 1.807) is 6.33 Å². The molecule has 0 radical (unpaired) electrons. The first-order valence-corrected chi connectivity index (χ1v) is 12.3. The average molecular weight is 589 g/mol. The Morgan fingerprint density at radius 1 is 1.05 bits per heavy atom. The largest absolute Gasteiger partial charge is 0.370 e. The lowest BCUT2D eigenvalue weighted by atomic mass is 10.00. The summed E-state index contributed by atoms with van der Waals surface area (Å²) in [7, 11) is 0. The summed E-state index contributed by atoms with van der Waals surface area (Å²) in [5.41, 5.74) is 3.51. The lowest BCUT2D eigenvalue weighted by Gasteiger charge is -2.39. The van der Waals surface area contributed by atoms with Gasteiger partial charge in [0.05, 0.1) is 35.3 Å². The molecule has 1 amide bonds. The monoisotopic (exact) mass is 587 g/mol. The van der Waals surface area contributed by atoms with Crippen LogP contribution in [0, 0.1) is 11.3 Å². The summed E-state index contributed by atoms with van der Waals surface area (Å²) in [6, 6.07) is 17.9. The molecule has 1 atom stereocenters. The molecule has 8 nitrogen and oxygen atoms in total. The van der Waals surface area contributed by atoms with Crippen molar-refractivity contribution in [1.29, 1.82) is 5.26 Å². The first-order valence-electron chi connectivity index (χ1n) is 12.3. The van der Waals surface area contributed by atoms with E-state index in [2.05, 4.69) is 31.2 Å². The van der Waals surface area contributed by atoms with Gasteiger partial charge in [-0.1, -0.05) is 36.4 Å². The Hall–Kier alpha value is -3.35. The summed E-state index contributed by atoms with van der Waals surface area (Å²) in [6.45, 7) is 5.46. The standard InChI is InChI=1S/C28H29N7O.3ClH/c1-2-31-27-26(23-6-4-3-5-22(23)17-32-27)28(36)35-13-11-34(12-14-35)25(24-18-30-19-33-24)15-20-7-9-21(16-29)10-8-20;;;/h3-10,17-19,25H,2,11-15H2,1H3,(H,30,33)(H,31,32);3*1H. The second kappa shape index (κ2) is 14.7. The lowest BCUT2D eigenvalue weighted by Crippen LogP contribution is -2.50. The van der Waals surface area contributed by atoms with Crippen LogP contribution >= 0.6 is 37.2 Å². The smallest absolute Gasteiger partial charge is 0.258 e. The van der Waals surface area contributed by atoms with Crippen LogP contribution in [0.3, 0.4) is 0 Å². The third-order valence-electron chi connectivity index (χ3n) is 6.79. The van der Waals surface area contributed by atoms with Gasteiger partial charge < -0.3 is 15.2 Å². The number of benzene rings is 2. The van der Waals surface area contributed by atoms with Crippen LogP contribution in [0.15, 0.2) is 67.3 Å². The molecule has 0 saturated carbocycles. The third kappa shape index (κ3) is 7.00. The molecular weight excluding hydrogens is 557 g/mol. The number of carbonyl (C=O) groups excluding carboxylic acids is 1. The number of pyridine rings is 1. The summed E-state index contributed by atoms with van der Waals surface area (Å²) in [5.74, 6) is 0.653. The summed E-state index contributed by atoms with van der Waals surface area (Å²) in [5, 5.41) is 14.3. The fourth-order valence-electron chi connectivity index (χ4n) is 4.90. The molecule has 2 aromatic heterocycles. The molecule has 0 aliphatic carbocycles. The van der Waals surface area contributed by atoms with E-state index in [1.807, 2.05) is 72.7 Å². The van der Waals surface area contributed by atoms with Crippen molar-refractivity contribution in [2.45, 2.75) is 19.4 Å². The van der Waals surface area contributed by atoms with Crippen LogP contribution in [0.25, 0.3) is 10.8 Å². The van der Waals surface area contributed by atoms with Gasteiger partial charge in [-0.05, 0) is 36.4 Å². The Kier molecular flexibility index (Phi) is 12.0. The molecule has 2 N–H and O–H groups in total. The molecule has 1 fully saturated rings. The molecule has 0 spiro atoms. The van der Waals surface area contributed by atoms with Crippen molar-refractivity contribution < 1.29 is 4.79 Å². The zero-order valence-corrected chi connectivity index (χ0v) is 24.0. The minimum atomic E-state index is 0. The number of amides is 1. The zero-order chi connectivity index (χ0) is 24.9. The van der Waals surface area contributed by atoms with Crippen LogP contribution in [-0.4, -0.2) is 63.4 Å². The molecule has 1 saturated heterocycles. The predicted molar refractivity (Wildman–Crippen MR) is 161 cm³/mol. The van der Waals surface area contributed by atoms with Gasteiger partial charge in [0.25, 0.3) is 5.91 Å². The second-order valence-corrected chi connectivity index (χ2v) is 8.96. The van der Waals surface area contributed by atoms with E-state index in [-0.39, 0.29) is 49.2 Å². The maximum Gasteiger partial charge on any atom is 0.258 e. The second-order valence-electron chi connectivity index (χ2n) is 8.96. The molecule has 3 heterocycles. The van der Waals surface area contributed by atoms with E-state index in [0.717, 1.165) is 41.5 Å². The van der Waals surface area contributed by atoms with Crippen LogP contribution in [0.5, 0.6) is 0 Å². The molecule has 11 heteroatoms. The number of hydrogen-bond acceptors (Lipinski definition) is 6. The number of aromatic amines is 1. The van der Waals surface area contributed by atoms with Crippen molar-refractivity contribution in [1.82, 2.24) is 24.8 Å². The molecule has 1 aliphatic heterocycles. The molecule has 1 aliphatic rings. The first kappa shape index (κ1) is 31.9. The number of nitrogens with zero attached hydrogens (tertiary/aromatic N) is 5. The van der Waals surface area contributed by atoms with Gasteiger partial charge in [0.15, 0.2) is 0 Å². The number of fused-ring (bicyclic) bond motifs is 1. The third-order valence-corrected chi connectivity index (χ3v) is 6.79. The molecule has 0 bridgehead atoms. The van der Waals surface area contributed by atoms with Gasteiger partial charge in [0, 0.05) is 50.5 Å². The van der Waals surface area contributed by atoms with Crippen molar-refractivity contribution in [3.05, 3.63) is 89.6 Å². The maximum atomic E-state index is 13.8. The maximum absolute atomic E-state index is 13.8. The van der Waals surface area contributed by atoms with Gasteiger partial charge in [0.1, 0.15) is 5.82 Å². The Morgan fingerprint density at radius 2 is 1.77 bits per heavy atom. The minimum absolute atomic E-state index is 0. The number of hydrogen-bond donors (Lipinski definition) is 2. The molecule has 4 aromatic rings. The fourth-order valence-corrected chi connectivity index (χ4v) is 4.90. The SMILES string of the molecule is CCNc1ncc2ccccc2c1C(=O)N1CCN(C(Cc2ccc(C#N)cc2)c2cnc[nH]2)CC1.Cl.Cl.Cl. The number of nitrogens with one attached hydrogen (secondary N) is 2. The molecule has 1 unspecified atom stereocenters. The topological polar surface area (TPSA) is 101 Å². The normalized spacial score (nSPS) is 13.8. The van der Waals surface area contributed by atoms with E-state index in [0.29, 0.717) is 36.6 Å². The van der Waals surface area contributed by atoms with E-state index in [1.165, 1.54) is 0 Å². The van der Waals surface area contributed by atoms with Crippen LogP contribution in [-0.2, 0) is 6.42 Å². The number of aromatic nitrogens is 3. The molecule has 39 heavy (non-hydrogen) atoms. The molecular formula is C28H32Cl3N7O. The molecule has 2 aromatic carbocycles. The summed E-state index contributed by atoms with van der Waals surface area (Å²) in [6.07, 6.45) is 6.19. The van der Waals surface area contributed by atoms with Gasteiger partial charge in [-0.2, -0.15) is 5.26 Å². The number of carbonyl (C=O) groups is 1. The van der Waals surface area contributed by atoms with E-state index in [9.17, 15) is 4.79 Å². The fraction of sp³-hybridized carbons (Fsp3) is 0.286. The van der Waals surface area contributed by atoms with Gasteiger partial charge in [-0.3, -0.25) is 9.69 Å². The quantitative estimate of drug-likeness (QED) is 0.305. The number of H-pyrrole nitrogens is 1. The number of nitriles is 1. The van der Waals surface area contributed by atoms with Crippen molar-refractivity contribution in [2.24, 2.45) is 0 Å². The molecule has 5 rings (SSSR count). The van der Waals surface area contributed by atoms with Crippen molar-refractivity contribution in [3.63, 3.8) is 0 Å². The van der Waals surface area contributed by atoms with Gasteiger partial charge in [0.2, 0.25) is 0 Å². The van der Waals surface area contributed by atoms with E-state index >= 15 is 0 Å². The zero-order valence-electron chi connectivity index (χ0n) is 21.5. The van der Waals surface area contributed by atoms with E-state index in [4.69, 9.17) is 5.26 Å². The highest BCUT2D eigenvalue weighted by atomic mass is 35.5. The van der Waals surface area contributed by atoms with Crippen molar-refractivity contribution >= 4 is 59.7 Å². The van der Waals surface area contributed by atoms with Crippen LogP contribution in [0.2, 0.25) is 0 Å². The van der Waals surface area contributed by atoms with Gasteiger partial charge in [-0.25, -0.2) is 9.97 Å². The highest BCUT2D eigenvalue weighted by molar-refractivity contribution is 6.10. The Morgan fingerprint density at radius 3 is 2.41 bits per heavy atom. The summed E-state index contributed by atoms with van der Waals surface area (Å²) >= 11 is 0. The number of halogens is 3. The number of anilines is 1. The average Bonchev–Trinajstić information content (AvgIpc) is 3.47. The van der Waals surface area contributed by atoms with Crippen LogP contribution in [0.1, 0.15) is 40.1 Å². The summed E-state index contributed by atoms with van der Waals surface area (Å²) < 4.78 is 0. The first-order chi connectivity index (χ1) is 17.7. The van der Waals surface area contributed by atoms with Gasteiger partial charge >= 0.3 is 0 Å². The minimum Gasteiger partial charge on any atom is -0.370 e. The Labute approximate surface area is 247 Å². The summed E-state index contributed by atoms with van der Waals surface area (Å²) in [4.78, 5) is 30.2.